The van der Waals surface area contributed by atoms with Crippen molar-refractivity contribution in [2.45, 2.75) is 17.7 Å². The zero-order valence-corrected chi connectivity index (χ0v) is 10.1. The van der Waals surface area contributed by atoms with E-state index in [9.17, 15) is 9.59 Å². The molecular weight excluding hydrogens is 236 g/mol. The number of benzene rings is 1. The van der Waals surface area contributed by atoms with E-state index in [0.29, 0.717) is 18.6 Å². The van der Waals surface area contributed by atoms with Gasteiger partial charge >= 0.3 is 0 Å². The number of hydrogen-bond acceptors (Lipinski definition) is 4. The Morgan fingerprint density at radius 1 is 1.41 bits per heavy atom. The van der Waals surface area contributed by atoms with Gasteiger partial charge in [-0.05, 0) is 24.6 Å². The van der Waals surface area contributed by atoms with E-state index in [1.54, 1.807) is 11.8 Å². The van der Waals surface area contributed by atoms with Crippen molar-refractivity contribution in [1.82, 2.24) is 5.32 Å². The van der Waals surface area contributed by atoms with E-state index < -0.39 is 0 Å². The summed E-state index contributed by atoms with van der Waals surface area (Å²) in [5.74, 6) is 0.278. The second-order valence-electron chi connectivity index (χ2n) is 4.03. The van der Waals surface area contributed by atoms with Gasteiger partial charge in [0.25, 0.3) is 0 Å². The summed E-state index contributed by atoms with van der Waals surface area (Å²) in [6, 6.07) is 7.57. The van der Waals surface area contributed by atoms with E-state index in [2.05, 4.69) is 5.32 Å². The third-order valence-electron chi connectivity index (χ3n) is 2.66. The average Bonchev–Trinajstić information content (AvgIpc) is 2.28. The van der Waals surface area contributed by atoms with E-state index in [0.717, 1.165) is 10.6 Å². The summed E-state index contributed by atoms with van der Waals surface area (Å²) >= 11 is 1.59. The van der Waals surface area contributed by atoms with Crippen molar-refractivity contribution in [3.8, 4) is 0 Å². The molecule has 1 unspecified atom stereocenters. The van der Waals surface area contributed by atoms with Crippen LogP contribution >= 0.6 is 11.8 Å². The van der Waals surface area contributed by atoms with Gasteiger partial charge < -0.3 is 5.73 Å². The molecule has 2 amide bonds. The van der Waals surface area contributed by atoms with Crippen molar-refractivity contribution in [2.75, 3.05) is 11.5 Å². The molecule has 5 heteroatoms. The minimum atomic E-state index is -0.166. The van der Waals surface area contributed by atoms with Crippen LogP contribution in [-0.2, 0) is 9.59 Å². The van der Waals surface area contributed by atoms with Crippen molar-refractivity contribution < 1.29 is 9.59 Å². The molecule has 1 aliphatic rings. The first-order chi connectivity index (χ1) is 8.15. The van der Waals surface area contributed by atoms with Gasteiger partial charge in [0.2, 0.25) is 11.8 Å². The molecule has 1 aliphatic heterocycles. The average molecular weight is 250 g/mol. The van der Waals surface area contributed by atoms with Crippen LogP contribution in [0.2, 0.25) is 0 Å². The van der Waals surface area contributed by atoms with Gasteiger partial charge in [-0.1, -0.05) is 6.07 Å². The van der Waals surface area contributed by atoms with Gasteiger partial charge in [-0.25, -0.2) is 0 Å². The number of rotatable bonds is 3. The lowest BCUT2D eigenvalue weighted by molar-refractivity contribution is -0.135. The van der Waals surface area contributed by atoms with E-state index in [1.807, 2.05) is 24.3 Å². The molecule has 0 radical (unpaired) electrons. The Morgan fingerprint density at radius 3 is 2.94 bits per heavy atom. The number of amides is 2. The van der Waals surface area contributed by atoms with Crippen molar-refractivity contribution in [2.24, 2.45) is 5.92 Å². The number of piperidine rings is 1. The predicted octanol–water partition coefficient (Wildman–Crippen LogP) is 1.41. The van der Waals surface area contributed by atoms with Crippen LogP contribution in [-0.4, -0.2) is 17.6 Å². The Hall–Kier alpha value is -1.49. The Morgan fingerprint density at radius 2 is 2.24 bits per heavy atom. The second-order valence-corrected chi connectivity index (χ2v) is 5.12. The molecule has 1 atom stereocenters. The molecule has 2 rings (SSSR count). The first-order valence-electron chi connectivity index (χ1n) is 5.47. The van der Waals surface area contributed by atoms with Gasteiger partial charge in [0, 0.05) is 28.7 Å². The zero-order chi connectivity index (χ0) is 12.3. The van der Waals surface area contributed by atoms with E-state index in [4.69, 9.17) is 5.73 Å². The normalized spacial score (nSPS) is 20.1. The van der Waals surface area contributed by atoms with E-state index in [1.165, 1.54) is 0 Å². The number of nitrogens with two attached hydrogens (primary N) is 1. The maximum atomic E-state index is 11.5. The SMILES string of the molecule is Nc1cccc(SCC2CCC(=O)NC2=O)c1. The molecule has 4 nitrogen and oxygen atoms in total. The molecule has 0 aliphatic carbocycles. The van der Waals surface area contributed by atoms with Crippen LogP contribution in [0.25, 0.3) is 0 Å². The topological polar surface area (TPSA) is 72.2 Å². The van der Waals surface area contributed by atoms with Crippen LogP contribution in [0.15, 0.2) is 29.2 Å². The summed E-state index contributed by atoms with van der Waals surface area (Å²) in [7, 11) is 0. The quantitative estimate of drug-likeness (QED) is 0.483. The third kappa shape index (κ3) is 3.23. The van der Waals surface area contributed by atoms with Crippen LogP contribution in [0.1, 0.15) is 12.8 Å². The molecule has 17 heavy (non-hydrogen) atoms. The molecule has 1 saturated heterocycles. The van der Waals surface area contributed by atoms with Crippen LogP contribution < -0.4 is 11.1 Å². The van der Waals surface area contributed by atoms with E-state index in [-0.39, 0.29) is 17.7 Å². The monoisotopic (exact) mass is 250 g/mol. The Labute approximate surface area is 104 Å². The van der Waals surface area contributed by atoms with Crippen LogP contribution in [0, 0.1) is 5.92 Å². The highest BCUT2D eigenvalue weighted by Gasteiger charge is 2.26. The molecule has 0 saturated carbocycles. The molecule has 1 aromatic rings. The molecule has 90 valence electrons. The third-order valence-corrected chi connectivity index (χ3v) is 3.82. The van der Waals surface area contributed by atoms with E-state index >= 15 is 0 Å². The summed E-state index contributed by atoms with van der Waals surface area (Å²) in [6.07, 6.45) is 1.08. The smallest absolute Gasteiger partial charge is 0.230 e. The number of anilines is 1. The largest absolute Gasteiger partial charge is 0.399 e. The highest BCUT2D eigenvalue weighted by molar-refractivity contribution is 7.99. The highest BCUT2D eigenvalue weighted by atomic mass is 32.2. The lowest BCUT2D eigenvalue weighted by Gasteiger charge is -2.20. The minimum absolute atomic E-state index is 0.0841. The van der Waals surface area contributed by atoms with Crippen LogP contribution in [0.5, 0.6) is 0 Å². The molecule has 0 spiro atoms. The Balaban J connectivity index is 1.90. The second kappa shape index (κ2) is 5.23. The van der Waals surface area contributed by atoms with Crippen molar-refractivity contribution in [3.05, 3.63) is 24.3 Å². The number of nitrogen functional groups attached to an aromatic ring is 1. The summed E-state index contributed by atoms with van der Waals surface area (Å²) in [5.41, 5.74) is 6.40. The fourth-order valence-electron chi connectivity index (χ4n) is 1.70. The molecule has 0 bridgehead atoms. The summed E-state index contributed by atoms with van der Waals surface area (Å²) in [5, 5.41) is 2.36. The maximum absolute atomic E-state index is 11.5. The molecular formula is C12H14N2O2S. The Bertz CT molecular complexity index is 448. The maximum Gasteiger partial charge on any atom is 0.230 e. The zero-order valence-electron chi connectivity index (χ0n) is 9.31. The minimum Gasteiger partial charge on any atom is -0.399 e. The lowest BCUT2D eigenvalue weighted by Crippen LogP contribution is -2.41. The van der Waals surface area contributed by atoms with Gasteiger partial charge in [0.05, 0.1) is 0 Å². The predicted molar refractivity (Wildman–Crippen MR) is 67.5 cm³/mol. The number of carbonyl (C=O) groups is 2. The molecule has 1 aromatic carbocycles. The molecule has 1 fully saturated rings. The van der Waals surface area contributed by atoms with Gasteiger partial charge in [-0.2, -0.15) is 0 Å². The summed E-state index contributed by atoms with van der Waals surface area (Å²) < 4.78 is 0. The first kappa shape index (κ1) is 12.0. The fraction of sp³-hybridized carbons (Fsp3) is 0.333. The number of nitrogens with one attached hydrogen (secondary N) is 1. The standard InChI is InChI=1S/C12H14N2O2S/c13-9-2-1-3-10(6-9)17-7-8-4-5-11(15)14-12(8)16/h1-3,6,8H,4-5,7,13H2,(H,14,15,16). The van der Waals surface area contributed by atoms with Gasteiger partial charge in [0.1, 0.15) is 0 Å². The number of hydrogen-bond donors (Lipinski definition) is 2. The van der Waals surface area contributed by atoms with Crippen molar-refractivity contribution in [3.63, 3.8) is 0 Å². The lowest BCUT2D eigenvalue weighted by atomic mass is 10.0. The molecule has 0 aromatic heterocycles. The Kier molecular flexibility index (Phi) is 3.68. The molecule has 1 heterocycles. The van der Waals surface area contributed by atoms with Gasteiger partial charge in [0.15, 0.2) is 0 Å². The van der Waals surface area contributed by atoms with Gasteiger partial charge in [-0.15, -0.1) is 11.8 Å². The fourth-order valence-corrected chi connectivity index (χ4v) is 2.80. The van der Waals surface area contributed by atoms with Crippen LogP contribution in [0.4, 0.5) is 5.69 Å². The highest BCUT2D eigenvalue weighted by Crippen LogP contribution is 2.25. The molecule has 3 N–H and O–H groups in total. The van der Waals surface area contributed by atoms with Crippen molar-refractivity contribution >= 4 is 29.3 Å². The van der Waals surface area contributed by atoms with Gasteiger partial charge in [-0.3, -0.25) is 14.9 Å². The number of imide groups is 1. The summed E-state index contributed by atoms with van der Waals surface area (Å²) in [4.78, 5) is 23.6. The van der Waals surface area contributed by atoms with Crippen LogP contribution in [0.3, 0.4) is 0 Å². The number of carbonyl (C=O) groups excluding carboxylic acids is 2. The van der Waals surface area contributed by atoms with Crippen molar-refractivity contribution in [1.29, 1.82) is 0 Å². The first-order valence-corrected chi connectivity index (χ1v) is 6.46. The number of thioether (sulfide) groups is 1. The summed E-state index contributed by atoms with van der Waals surface area (Å²) in [6.45, 7) is 0.